The maximum atomic E-state index is 10.8. The van der Waals surface area contributed by atoms with E-state index >= 15 is 0 Å². The minimum atomic E-state index is -0.0568. The Bertz CT molecular complexity index is 199. The average molecular weight is 239 g/mol. The Morgan fingerprint density at radius 3 is 2.12 bits per heavy atom. The number of nitrogens with one attached hydrogen (secondary N) is 1. The van der Waals surface area contributed by atoms with Gasteiger partial charge in [-0.15, -0.1) is 0 Å². The summed E-state index contributed by atoms with van der Waals surface area (Å²) in [5.74, 6) is 0.794. The fourth-order valence-electron chi connectivity index (χ4n) is 1.85. The molecule has 100 valence electrons. The minimum absolute atomic E-state index is 0.0568. The third-order valence-electron chi connectivity index (χ3n) is 2.94. The minimum Gasteiger partial charge on any atom is -0.353 e. The number of unbranched alkanes of at least 4 members (excludes halogenated alkanes) is 6. The van der Waals surface area contributed by atoms with Gasteiger partial charge in [0.25, 0.3) is 0 Å². The van der Waals surface area contributed by atoms with E-state index in [1.165, 1.54) is 51.0 Å². The van der Waals surface area contributed by atoms with Crippen molar-refractivity contribution in [3.05, 3.63) is 12.7 Å². The maximum Gasteiger partial charge on any atom is 0.243 e. The summed E-state index contributed by atoms with van der Waals surface area (Å²) in [4.78, 5) is 10.8. The fraction of sp³-hybridized carbons (Fsp3) is 0.800. The monoisotopic (exact) mass is 239 g/mol. The zero-order valence-electron chi connectivity index (χ0n) is 11.6. The van der Waals surface area contributed by atoms with Gasteiger partial charge in [0.2, 0.25) is 5.91 Å². The van der Waals surface area contributed by atoms with Crippen molar-refractivity contribution in [1.29, 1.82) is 0 Å². The lowest BCUT2D eigenvalue weighted by Crippen LogP contribution is -2.21. The number of carbonyl (C=O) groups is 1. The molecular weight excluding hydrogens is 210 g/mol. The molecule has 0 bridgehead atoms. The second-order valence-corrected chi connectivity index (χ2v) is 5.15. The van der Waals surface area contributed by atoms with Gasteiger partial charge >= 0.3 is 0 Å². The average Bonchev–Trinajstić information content (AvgIpc) is 2.30. The van der Waals surface area contributed by atoms with Crippen molar-refractivity contribution in [2.24, 2.45) is 5.92 Å². The first-order valence-corrected chi connectivity index (χ1v) is 7.07. The molecule has 0 unspecified atom stereocenters. The predicted octanol–water partition coefficient (Wildman–Crippen LogP) is 4.07. The molecule has 0 rings (SSSR count). The first-order chi connectivity index (χ1) is 8.16. The molecular formula is C15H29NO. The summed E-state index contributed by atoms with van der Waals surface area (Å²) < 4.78 is 0. The van der Waals surface area contributed by atoms with Crippen molar-refractivity contribution in [2.75, 3.05) is 6.54 Å². The summed E-state index contributed by atoms with van der Waals surface area (Å²) in [6, 6.07) is 0. The smallest absolute Gasteiger partial charge is 0.243 e. The second kappa shape index (κ2) is 11.7. The zero-order valence-corrected chi connectivity index (χ0v) is 11.6. The molecule has 0 aromatic carbocycles. The van der Waals surface area contributed by atoms with Crippen LogP contribution in [0.4, 0.5) is 0 Å². The summed E-state index contributed by atoms with van der Waals surface area (Å²) in [6.07, 6.45) is 11.8. The molecule has 17 heavy (non-hydrogen) atoms. The normalized spacial score (nSPS) is 10.5. The van der Waals surface area contributed by atoms with Crippen molar-refractivity contribution < 1.29 is 4.79 Å². The number of rotatable bonds is 11. The lowest BCUT2D eigenvalue weighted by molar-refractivity contribution is -0.116. The van der Waals surface area contributed by atoms with Crippen LogP contribution in [0.25, 0.3) is 0 Å². The molecule has 0 radical (unpaired) electrons. The van der Waals surface area contributed by atoms with E-state index in [1.807, 2.05) is 0 Å². The van der Waals surface area contributed by atoms with Crippen molar-refractivity contribution in [3.63, 3.8) is 0 Å². The molecule has 0 aromatic rings. The van der Waals surface area contributed by atoms with Gasteiger partial charge in [-0.1, -0.05) is 65.4 Å². The molecule has 1 amide bonds. The molecule has 0 saturated carbocycles. The van der Waals surface area contributed by atoms with Crippen molar-refractivity contribution in [2.45, 2.75) is 65.2 Å². The molecule has 2 nitrogen and oxygen atoms in total. The summed E-state index contributed by atoms with van der Waals surface area (Å²) in [5, 5.41) is 2.80. The van der Waals surface area contributed by atoms with Crippen LogP contribution >= 0.6 is 0 Å². The second-order valence-electron chi connectivity index (χ2n) is 5.15. The van der Waals surface area contributed by atoms with E-state index in [9.17, 15) is 4.79 Å². The van der Waals surface area contributed by atoms with Gasteiger partial charge in [0.05, 0.1) is 0 Å². The van der Waals surface area contributed by atoms with Gasteiger partial charge in [0.1, 0.15) is 0 Å². The Kier molecular flexibility index (Phi) is 11.1. The Labute approximate surface area is 107 Å². The van der Waals surface area contributed by atoms with Gasteiger partial charge in [-0.25, -0.2) is 0 Å². The summed E-state index contributed by atoms with van der Waals surface area (Å²) in [5.41, 5.74) is 0. The van der Waals surface area contributed by atoms with Crippen LogP contribution in [-0.4, -0.2) is 12.5 Å². The molecule has 0 saturated heterocycles. The molecule has 0 heterocycles. The highest BCUT2D eigenvalue weighted by atomic mass is 16.1. The summed E-state index contributed by atoms with van der Waals surface area (Å²) >= 11 is 0. The number of hydrogen-bond donors (Lipinski definition) is 1. The van der Waals surface area contributed by atoms with Crippen LogP contribution in [0, 0.1) is 5.92 Å². The summed E-state index contributed by atoms with van der Waals surface area (Å²) in [7, 11) is 0. The van der Waals surface area contributed by atoms with Gasteiger partial charge < -0.3 is 5.32 Å². The fourth-order valence-corrected chi connectivity index (χ4v) is 1.85. The van der Waals surface area contributed by atoms with E-state index in [4.69, 9.17) is 0 Å². The van der Waals surface area contributed by atoms with E-state index in [-0.39, 0.29) is 5.91 Å². The molecule has 0 fully saturated rings. The SMILES string of the molecule is C=CC(=O)NCCCCCCCCCC(C)C. The maximum absolute atomic E-state index is 10.8. The number of carbonyl (C=O) groups excluding carboxylic acids is 1. The molecule has 1 N–H and O–H groups in total. The van der Waals surface area contributed by atoms with Crippen molar-refractivity contribution in [1.82, 2.24) is 5.32 Å². The summed E-state index contributed by atoms with van der Waals surface area (Å²) in [6.45, 7) is 8.79. The third-order valence-corrected chi connectivity index (χ3v) is 2.94. The van der Waals surface area contributed by atoms with Gasteiger partial charge in [-0.2, -0.15) is 0 Å². The third kappa shape index (κ3) is 13.1. The Morgan fingerprint density at radius 2 is 1.59 bits per heavy atom. The van der Waals surface area contributed by atoms with Crippen LogP contribution in [0.3, 0.4) is 0 Å². The first kappa shape index (κ1) is 16.2. The van der Waals surface area contributed by atoms with Gasteiger partial charge in [0, 0.05) is 6.54 Å². The van der Waals surface area contributed by atoms with Crippen LogP contribution in [0.15, 0.2) is 12.7 Å². The van der Waals surface area contributed by atoms with Crippen LogP contribution in [-0.2, 0) is 4.79 Å². The van der Waals surface area contributed by atoms with Crippen molar-refractivity contribution in [3.8, 4) is 0 Å². The molecule has 0 spiro atoms. The zero-order chi connectivity index (χ0) is 12.9. The molecule has 0 aromatic heterocycles. The highest BCUT2D eigenvalue weighted by Crippen LogP contribution is 2.11. The van der Waals surface area contributed by atoms with Gasteiger partial charge in [-0.05, 0) is 18.4 Å². The molecule has 0 atom stereocenters. The number of amides is 1. The molecule has 0 aliphatic rings. The topological polar surface area (TPSA) is 29.1 Å². The highest BCUT2D eigenvalue weighted by Gasteiger charge is 1.96. The van der Waals surface area contributed by atoms with Crippen molar-refractivity contribution >= 4 is 5.91 Å². The van der Waals surface area contributed by atoms with E-state index in [2.05, 4.69) is 25.7 Å². The first-order valence-electron chi connectivity index (χ1n) is 7.07. The quantitative estimate of drug-likeness (QED) is 0.427. The van der Waals surface area contributed by atoms with E-state index in [0.29, 0.717) is 0 Å². The lowest BCUT2D eigenvalue weighted by atomic mass is 10.0. The Hall–Kier alpha value is -0.790. The van der Waals surface area contributed by atoms with Crippen LogP contribution in [0.2, 0.25) is 0 Å². The Balaban J connectivity index is 3.03. The standard InChI is InChI=1S/C15H29NO/c1-4-15(17)16-13-11-9-7-5-6-8-10-12-14(2)3/h4,14H,1,5-13H2,2-3H3,(H,16,17). The predicted molar refractivity (Wildman–Crippen MR) is 75.0 cm³/mol. The molecule has 2 heteroatoms. The Morgan fingerprint density at radius 1 is 1.06 bits per heavy atom. The lowest BCUT2D eigenvalue weighted by Gasteiger charge is -2.04. The van der Waals surface area contributed by atoms with Crippen LogP contribution in [0.5, 0.6) is 0 Å². The van der Waals surface area contributed by atoms with Crippen LogP contribution < -0.4 is 5.32 Å². The number of hydrogen-bond acceptors (Lipinski definition) is 1. The molecule has 0 aliphatic heterocycles. The van der Waals surface area contributed by atoms with Crippen LogP contribution in [0.1, 0.15) is 65.2 Å². The van der Waals surface area contributed by atoms with E-state index in [0.717, 1.165) is 18.9 Å². The van der Waals surface area contributed by atoms with E-state index in [1.54, 1.807) is 0 Å². The molecule has 0 aliphatic carbocycles. The van der Waals surface area contributed by atoms with Gasteiger partial charge in [0.15, 0.2) is 0 Å². The van der Waals surface area contributed by atoms with Gasteiger partial charge in [-0.3, -0.25) is 4.79 Å². The van der Waals surface area contributed by atoms with E-state index < -0.39 is 0 Å². The largest absolute Gasteiger partial charge is 0.353 e. The highest BCUT2D eigenvalue weighted by molar-refractivity contribution is 5.86.